The third-order valence-electron chi connectivity index (χ3n) is 5.01. The molecule has 0 radical (unpaired) electrons. The molecule has 2 atom stereocenters. The lowest BCUT2D eigenvalue weighted by Crippen LogP contribution is -2.55. The van der Waals surface area contributed by atoms with E-state index in [2.05, 4.69) is 5.32 Å². The molecule has 1 amide bonds. The standard InChI is InChI=1S/C23H26F3NO4/c1-22(2,3)31-20(23(24,25)26)19(12-28)27-21(29)30-13-18-16-10-6-4-8-14(16)15-9-5-7-11-17(15)18/h4-11,18-20,28H,12-13H2,1-3H3,(H,27,29)/t19-,20-/m1/s1. The molecule has 3 rings (SSSR count). The van der Waals surface area contributed by atoms with Gasteiger partial charge in [0.2, 0.25) is 0 Å². The van der Waals surface area contributed by atoms with E-state index in [0.29, 0.717) is 0 Å². The molecule has 8 heteroatoms. The predicted molar refractivity (Wildman–Crippen MR) is 110 cm³/mol. The molecule has 1 aliphatic carbocycles. The first-order valence-corrected chi connectivity index (χ1v) is 9.98. The number of amides is 1. The number of halogens is 3. The molecule has 0 unspecified atom stereocenters. The second-order valence-corrected chi connectivity index (χ2v) is 8.45. The summed E-state index contributed by atoms with van der Waals surface area (Å²) < 4.78 is 50.8. The first kappa shape index (κ1) is 23.1. The van der Waals surface area contributed by atoms with Crippen LogP contribution < -0.4 is 5.32 Å². The van der Waals surface area contributed by atoms with Crippen molar-refractivity contribution in [3.63, 3.8) is 0 Å². The summed E-state index contributed by atoms with van der Waals surface area (Å²) in [6.07, 6.45) is -8.21. The lowest BCUT2D eigenvalue weighted by Gasteiger charge is -2.33. The van der Waals surface area contributed by atoms with Gasteiger partial charge < -0.3 is 19.9 Å². The van der Waals surface area contributed by atoms with Crippen molar-refractivity contribution in [2.45, 2.75) is 50.6 Å². The highest BCUT2D eigenvalue weighted by Crippen LogP contribution is 2.44. The summed E-state index contributed by atoms with van der Waals surface area (Å²) in [7, 11) is 0. The van der Waals surface area contributed by atoms with E-state index >= 15 is 0 Å². The molecule has 5 nitrogen and oxygen atoms in total. The highest BCUT2D eigenvalue weighted by Gasteiger charge is 2.48. The van der Waals surface area contributed by atoms with Gasteiger partial charge in [-0.2, -0.15) is 13.2 Å². The molecule has 2 aromatic carbocycles. The van der Waals surface area contributed by atoms with Crippen molar-refractivity contribution in [2.24, 2.45) is 0 Å². The van der Waals surface area contributed by atoms with Crippen molar-refractivity contribution >= 4 is 6.09 Å². The molecule has 0 saturated carbocycles. The fourth-order valence-electron chi connectivity index (χ4n) is 3.77. The van der Waals surface area contributed by atoms with Crippen molar-refractivity contribution in [3.05, 3.63) is 59.7 Å². The van der Waals surface area contributed by atoms with Crippen LogP contribution in [0.15, 0.2) is 48.5 Å². The van der Waals surface area contributed by atoms with Crippen molar-refractivity contribution in [3.8, 4) is 11.1 Å². The van der Waals surface area contributed by atoms with Crippen LogP contribution in [0.5, 0.6) is 0 Å². The van der Waals surface area contributed by atoms with Crippen LogP contribution in [-0.2, 0) is 9.47 Å². The lowest BCUT2D eigenvalue weighted by molar-refractivity contribution is -0.255. The number of rotatable bonds is 6. The molecule has 1 aliphatic rings. The van der Waals surface area contributed by atoms with Crippen LogP contribution in [0.1, 0.15) is 37.8 Å². The Hall–Kier alpha value is -2.58. The van der Waals surface area contributed by atoms with E-state index in [0.717, 1.165) is 22.3 Å². The van der Waals surface area contributed by atoms with Gasteiger partial charge in [0.05, 0.1) is 18.2 Å². The Morgan fingerprint density at radius 1 is 1.03 bits per heavy atom. The van der Waals surface area contributed by atoms with Gasteiger partial charge in [0, 0.05) is 5.92 Å². The molecule has 2 N–H and O–H groups in total. The van der Waals surface area contributed by atoms with E-state index in [-0.39, 0.29) is 12.5 Å². The van der Waals surface area contributed by atoms with Gasteiger partial charge in [-0.25, -0.2) is 4.79 Å². The van der Waals surface area contributed by atoms with Crippen molar-refractivity contribution in [1.82, 2.24) is 5.32 Å². The summed E-state index contributed by atoms with van der Waals surface area (Å²) >= 11 is 0. The molecule has 0 saturated heterocycles. The Balaban J connectivity index is 1.70. The second kappa shape index (κ2) is 8.88. The van der Waals surface area contributed by atoms with Crippen molar-refractivity contribution in [2.75, 3.05) is 13.2 Å². The van der Waals surface area contributed by atoms with E-state index in [1.54, 1.807) is 0 Å². The van der Waals surface area contributed by atoms with Gasteiger partial charge in [-0.15, -0.1) is 0 Å². The fourth-order valence-corrected chi connectivity index (χ4v) is 3.77. The van der Waals surface area contributed by atoms with Gasteiger partial charge >= 0.3 is 12.3 Å². The number of ether oxygens (including phenoxy) is 2. The van der Waals surface area contributed by atoms with Gasteiger partial charge in [0.1, 0.15) is 6.61 Å². The van der Waals surface area contributed by atoms with Crippen LogP contribution in [0.2, 0.25) is 0 Å². The number of hydrogen-bond acceptors (Lipinski definition) is 4. The molecule has 0 aliphatic heterocycles. The molecule has 168 valence electrons. The molecule has 31 heavy (non-hydrogen) atoms. The molecule has 0 fully saturated rings. The summed E-state index contributed by atoms with van der Waals surface area (Å²) in [5.41, 5.74) is 2.92. The number of benzene rings is 2. The highest BCUT2D eigenvalue weighted by atomic mass is 19.4. The number of fused-ring (bicyclic) bond motifs is 3. The zero-order valence-corrected chi connectivity index (χ0v) is 17.6. The van der Waals surface area contributed by atoms with Crippen LogP contribution in [0.25, 0.3) is 11.1 Å². The van der Waals surface area contributed by atoms with Gasteiger partial charge in [-0.1, -0.05) is 48.5 Å². The SMILES string of the molecule is CC(C)(C)O[C@H]([C@@H](CO)NC(=O)OCC1c2ccccc2-c2ccccc21)C(F)(F)F. The Kier molecular flexibility index (Phi) is 6.62. The molecule has 0 spiro atoms. The maximum absolute atomic E-state index is 13.5. The van der Waals surface area contributed by atoms with E-state index in [4.69, 9.17) is 9.47 Å². The summed E-state index contributed by atoms with van der Waals surface area (Å²) in [6.45, 7) is 3.40. The minimum Gasteiger partial charge on any atom is -0.449 e. The Morgan fingerprint density at radius 3 is 2.00 bits per heavy atom. The smallest absolute Gasteiger partial charge is 0.416 e. The number of aliphatic hydroxyl groups excluding tert-OH is 1. The zero-order valence-electron chi connectivity index (χ0n) is 17.6. The zero-order chi connectivity index (χ0) is 22.8. The van der Waals surface area contributed by atoms with Crippen LogP contribution in [-0.4, -0.2) is 48.3 Å². The number of alkyl carbamates (subject to hydrolysis) is 1. The minimum atomic E-state index is -4.78. The van der Waals surface area contributed by atoms with E-state index in [1.165, 1.54) is 20.8 Å². The van der Waals surface area contributed by atoms with E-state index in [1.807, 2.05) is 48.5 Å². The van der Waals surface area contributed by atoms with E-state index in [9.17, 15) is 23.1 Å². The number of carbonyl (C=O) groups is 1. The monoisotopic (exact) mass is 437 g/mol. The van der Waals surface area contributed by atoms with Crippen molar-refractivity contribution in [1.29, 1.82) is 0 Å². The predicted octanol–water partition coefficient (Wildman–Crippen LogP) is 4.63. The van der Waals surface area contributed by atoms with Crippen LogP contribution >= 0.6 is 0 Å². The van der Waals surface area contributed by atoms with Crippen LogP contribution in [0.4, 0.5) is 18.0 Å². The van der Waals surface area contributed by atoms with Crippen LogP contribution in [0.3, 0.4) is 0 Å². The highest BCUT2D eigenvalue weighted by molar-refractivity contribution is 5.79. The van der Waals surface area contributed by atoms with E-state index < -0.39 is 36.6 Å². The number of alkyl halides is 3. The lowest BCUT2D eigenvalue weighted by atomic mass is 9.98. The minimum absolute atomic E-state index is 0.0468. The molecule has 0 heterocycles. The van der Waals surface area contributed by atoms with Gasteiger partial charge in [-0.3, -0.25) is 0 Å². The summed E-state index contributed by atoms with van der Waals surface area (Å²) in [4.78, 5) is 12.3. The maximum Gasteiger partial charge on any atom is 0.416 e. The van der Waals surface area contributed by atoms with Crippen LogP contribution in [0, 0.1) is 0 Å². The normalized spacial score (nSPS) is 15.7. The maximum atomic E-state index is 13.5. The first-order valence-electron chi connectivity index (χ1n) is 9.98. The number of hydrogen-bond donors (Lipinski definition) is 2. The van der Waals surface area contributed by atoms with Gasteiger partial charge in [-0.05, 0) is 43.0 Å². The molecular weight excluding hydrogens is 411 g/mol. The van der Waals surface area contributed by atoms with Crippen molar-refractivity contribution < 1.29 is 32.5 Å². The topological polar surface area (TPSA) is 67.8 Å². The Labute approximate surface area is 179 Å². The first-order chi connectivity index (χ1) is 14.5. The van der Waals surface area contributed by atoms with Gasteiger partial charge in [0.25, 0.3) is 0 Å². The third kappa shape index (κ3) is 5.37. The summed E-state index contributed by atoms with van der Waals surface area (Å²) in [5.74, 6) is -0.227. The number of nitrogens with one attached hydrogen (secondary N) is 1. The molecule has 0 bridgehead atoms. The Morgan fingerprint density at radius 2 is 1.55 bits per heavy atom. The average molecular weight is 437 g/mol. The Bertz CT molecular complexity index is 878. The quantitative estimate of drug-likeness (QED) is 0.692. The van der Waals surface area contributed by atoms with Gasteiger partial charge in [0.15, 0.2) is 6.10 Å². The number of carbonyl (C=O) groups excluding carboxylic acids is 1. The molecule has 0 aromatic heterocycles. The molecular formula is C23H26F3NO4. The summed E-state index contributed by atoms with van der Waals surface area (Å²) in [6, 6.07) is 13.8. The third-order valence-corrected chi connectivity index (χ3v) is 5.01. The molecule has 2 aromatic rings. The largest absolute Gasteiger partial charge is 0.449 e. The number of aliphatic hydroxyl groups is 1. The fraction of sp³-hybridized carbons (Fsp3) is 0.435. The second-order valence-electron chi connectivity index (χ2n) is 8.45. The summed E-state index contributed by atoms with van der Waals surface area (Å²) in [5, 5.41) is 11.6. The average Bonchev–Trinajstić information content (AvgIpc) is 3.01.